The smallest absolute Gasteiger partial charge is 0.410 e. The Balaban J connectivity index is 1.15. The standard InChI is InChI=1S/C29H37N7O4/c1-18-12-24(4-5-25(18)19(2)39-23-6-9-31-10-7-23)40-29(38)36-11-8-22(17-36)34-28(37)26-13-20(14-32-27(26)30)21-15-33-35(3)16-21/h4-5,12-16,19,22-23,31H,6-11,17H2,1-3H3,(H2,30,32)(H,34,37)/t19-,22-/m1/s1. The molecular formula is C29H37N7O4. The average molecular weight is 548 g/mol. The Bertz CT molecular complexity index is 1370. The van der Waals surface area contributed by atoms with Gasteiger partial charge in [0.1, 0.15) is 11.6 Å². The lowest BCUT2D eigenvalue weighted by molar-refractivity contribution is -0.0189. The lowest BCUT2D eigenvalue weighted by atomic mass is 10.0. The van der Waals surface area contributed by atoms with Crippen molar-refractivity contribution in [2.75, 3.05) is 31.9 Å². The highest BCUT2D eigenvalue weighted by molar-refractivity contribution is 5.99. The fourth-order valence-electron chi connectivity index (χ4n) is 5.32. The van der Waals surface area contributed by atoms with Crippen LogP contribution in [-0.2, 0) is 11.8 Å². The molecule has 2 saturated heterocycles. The summed E-state index contributed by atoms with van der Waals surface area (Å²) in [6, 6.07) is 7.13. The molecule has 4 heterocycles. The van der Waals surface area contributed by atoms with Crippen LogP contribution in [0, 0.1) is 6.92 Å². The van der Waals surface area contributed by atoms with E-state index >= 15 is 0 Å². The van der Waals surface area contributed by atoms with Gasteiger partial charge >= 0.3 is 6.09 Å². The maximum Gasteiger partial charge on any atom is 0.415 e. The van der Waals surface area contributed by atoms with Gasteiger partial charge in [-0.1, -0.05) is 6.07 Å². The fourth-order valence-corrected chi connectivity index (χ4v) is 5.32. The van der Waals surface area contributed by atoms with Gasteiger partial charge in [0.15, 0.2) is 0 Å². The Morgan fingerprint density at radius 3 is 2.67 bits per heavy atom. The molecule has 40 heavy (non-hydrogen) atoms. The van der Waals surface area contributed by atoms with Gasteiger partial charge in [-0.25, -0.2) is 9.78 Å². The maximum absolute atomic E-state index is 13.0. The van der Waals surface area contributed by atoms with Gasteiger partial charge in [0.25, 0.3) is 5.91 Å². The Morgan fingerprint density at radius 1 is 1.15 bits per heavy atom. The molecule has 2 aromatic heterocycles. The number of rotatable bonds is 7. The Labute approximate surface area is 234 Å². The number of hydrogen-bond donors (Lipinski definition) is 3. The molecule has 0 bridgehead atoms. The summed E-state index contributed by atoms with van der Waals surface area (Å²) < 4.78 is 13.6. The van der Waals surface area contributed by atoms with Gasteiger partial charge in [-0.3, -0.25) is 9.48 Å². The second-order valence-corrected chi connectivity index (χ2v) is 10.6. The molecule has 0 unspecified atom stereocenters. The van der Waals surface area contributed by atoms with Crippen LogP contribution in [0.15, 0.2) is 42.9 Å². The van der Waals surface area contributed by atoms with Crippen molar-refractivity contribution in [1.29, 1.82) is 0 Å². The summed E-state index contributed by atoms with van der Waals surface area (Å²) in [7, 11) is 1.82. The van der Waals surface area contributed by atoms with E-state index in [2.05, 4.69) is 27.6 Å². The van der Waals surface area contributed by atoms with Crippen molar-refractivity contribution in [1.82, 2.24) is 30.3 Å². The second-order valence-electron chi connectivity index (χ2n) is 10.6. The highest BCUT2D eigenvalue weighted by Gasteiger charge is 2.30. The zero-order chi connectivity index (χ0) is 28.2. The van der Waals surface area contributed by atoms with E-state index in [9.17, 15) is 9.59 Å². The van der Waals surface area contributed by atoms with E-state index in [4.69, 9.17) is 15.2 Å². The number of likely N-dealkylation sites (tertiary alicyclic amines) is 1. The summed E-state index contributed by atoms with van der Waals surface area (Å²) in [6.45, 7) is 6.85. The number of nitrogen functional groups attached to an aromatic ring is 1. The molecule has 1 aromatic carbocycles. The largest absolute Gasteiger partial charge is 0.415 e. The maximum atomic E-state index is 13.0. The van der Waals surface area contributed by atoms with Crippen molar-refractivity contribution in [3.63, 3.8) is 0 Å². The summed E-state index contributed by atoms with van der Waals surface area (Å²) in [5.74, 6) is 0.301. The van der Waals surface area contributed by atoms with Crippen LogP contribution in [0.4, 0.5) is 10.6 Å². The van der Waals surface area contributed by atoms with Crippen LogP contribution in [0.5, 0.6) is 5.75 Å². The molecule has 0 aliphatic carbocycles. The predicted octanol–water partition coefficient (Wildman–Crippen LogP) is 3.21. The number of nitrogens with one attached hydrogen (secondary N) is 2. The molecule has 0 radical (unpaired) electrons. The van der Waals surface area contributed by atoms with Gasteiger partial charge in [0, 0.05) is 49.7 Å². The Hall–Kier alpha value is -3.96. The number of anilines is 1. The summed E-state index contributed by atoms with van der Waals surface area (Å²) in [4.78, 5) is 31.7. The van der Waals surface area contributed by atoms with Gasteiger partial charge in [-0.2, -0.15) is 5.10 Å². The zero-order valence-electron chi connectivity index (χ0n) is 23.2. The van der Waals surface area contributed by atoms with Gasteiger partial charge in [0.2, 0.25) is 0 Å². The average Bonchev–Trinajstić information content (AvgIpc) is 3.58. The molecule has 2 aliphatic heterocycles. The van der Waals surface area contributed by atoms with E-state index in [1.807, 2.05) is 38.4 Å². The minimum absolute atomic E-state index is 0.0370. The van der Waals surface area contributed by atoms with E-state index in [1.165, 1.54) is 0 Å². The van der Waals surface area contributed by atoms with Crippen LogP contribution < -0.4 is 21.1 Å². The van der Waals surface area contributed by atoms with Crippen LogP contribution in [0.25, 0.3) is 11.1 Å². The molecular weight excluding hydrogens is 510 g/mol. The Kier molecular flexibility index (Phi) is 8.32. The number of hydrogen-bond acceptors (Lipinski definition) is 8. The zero-order valence-corrected chi connectivity index (χ0v) is 23.2. The molecule has 5 rings (SSSR count). The van der Waals surface area contributed by atoms with Gasteiger partial charge < -0.3 is 30.7 Å². The van der Waals surface area contributed by atoms with E-state index in [0.717, 1.165) is 48.2 Å². The lowest BCUT2D eigenvalue weighted by Crippen LogP contribution is -2.39. The van der Waals surface area contributed by atoms with Crippen LogP contribution in [0.3, 0.4) is 0 Å². The predicted molar refractivity (Wildman–Crippen MR) is 151 cm³/mol. The lowest BCUT2D eigenvalue weighted by Gasteiger charge is -2.27. The molecule has 11 heteroatoms. The van der Waals surface area contributed by atoms with Crippen LogP contribution >= 0.6 is 0 Å². The van der Waals surface area contributed by atoms with E-state index in [1.54, 1.807) is 28.0 Å². The summed E-state index contributed by atoms with van der Waals surface area (Å²) in [5, 5.41) is 10.5. The minimum atomic E-state index is -0.442. The number of nitrogens with zero attached hydrogens (tertiary/aromatic N) is 4. The summed E-state index contributed by atoms with van der Waals surface area (Å²) in [5.41, 5.74) is 9.98. The Morgan fingerprint density at radius 2 is 1.95 bits per heavy atom. The third kappa shape index (κ3) is 6.43. The van der Waals surface area contributed by atoms with Crippen LogP contribution in [0.1, 0.15) is 53.8 Å². The van der Waals surface area contributed by atoms with Crippen molar-refractivity contribution in [2.45, 2.75) is 51.4 Å². The van der Waals surface area contributed by atoms with Crippen molar-refractivity contribution in [3.05, 3.63) is 59.5 Å². The monoisotopic (exact) mass is 547 g/mol. The van der Waals surface area contributed by atoms with Crippen molar-refractivity contribution in [3.8, 4) is 16.9 Å². The van der Waals surface area contributed by atoms with Crippen molar-refractivity contribution >= 4 is 17.8 Å². The number of carbonyl (C=O) groups is 2. The number of benzene rings is 1. The molecule has 212 valence electrons. The first-order valence-electron chi connectivity index (χ1n) is 13.8. The second kappa shape index (κ2) is 12.1. The first-order chi connectivity index (χ1) is 19.3. The first-order valence-corrected chi connectivity index (χ1v) is 13.8. The van der Waals surface area contributed by atoms with E-state index < -0.39 is 6.09 Å². The van der Waals surface area contributed by atoms with Crippen LogP contribution in [-0.4, -0.2) is 70.0 Å². The normalized spacial score (nSPS) is 18.5. The molecule has 2 aliphatic rings. The van der Waals surface area contributed by atoms with Gasteiger partial charge in [0.05, 0.1) is 24.0 Å². The van der Waals surface area contributed by atoms with Crippen molar-refractivity contribution in [2.24, 2.45) is 7.05 Å². The SMILES string of the molecule is Cc1cc(OC(=O)N2CC[C@@H](NC(=O)c3cc(-c4cnn(C)c4)cnc3N)C2)ccc1[C@@H](C)OC1CCNCC1. The number of aryl methyl sites for hydroxylation is 2. The number of ether oxygens (including phenoxy) is 2. The topological polar surface area (TPSA) is 137 Å². The molecule has 0 saturated carbocycles. The summed E-state index contributed by atoms with van der Waals surface area (Å²) >= 11 is 0. The number of piperidine rings is 1. The molecule has 4 N–H and O–H groups in total. The number of pyridine rings is 1. The molecule has 2 amide bonds. The minimum Gasteiger partial charge on any atom is -0.410 e. The first kappa shape index (κ1) is 27.6. The summed E-state index contributed by atoms with van der Waals surface area (Å²) in [6.07, 6.45) is 7.58. The molecule has 0 spiro atoms. The molecule has 2 fully saturated rings. The number of aromatic nitrogens is 3. The number of carbonyl (C=O) groups excluding carboxylic acids is 2. The quantitative estimate of drug-likeness (QED) is 0.410. The third-order valence-electron chi connectivity index (χ3n) is 7.55. The number of amides is 2. The van der Waals surface area contributed by atoms with E-state index in [-0.39, 0.29) is 35.5 Å². The van der Waals surface area contributed by atoms with Crippen LogP contribution in [0.2, 0.25) is 0 Å². The fraction of sp³-hybridized carbons (Fsp3) is 0.448. The van der Waals surface area contributed by atoms with Crippen molar-refractivity contribution < 1.29 is 19.1 Å². The molecule has 3 aromatic rings. The third-order valence-corrected chi connectivity index (χ3v) is 7.55. The highest BCUT2D eigenvalue weighted by atomic mass is 16.6. The molecule has 11 nitrogen and oxygen atoms in total. The van der Waals surface area contributed by atoms with E-state index in [0.29, 0.717) is 25.3 Å². The number of nitrogens with two attached hydrogens (primary N) is 1. The molecule has 2 atom stereocenters. The van der Waals surface area contributed by atoms with Gasteiger partial charge in [-0.05, 0) is 75.5 Å². The van der Waals surface area contributed by atoms with Gasteiger partial charge in [-0.15, -0.1) is 0 Å². The highest BCUT2D eigenvalue weighted by Crippen LogP contribution is 2.28.